The molecule has 4 saturated carbocycles. The van der Waals surface area contributed by atoms with Crippen LogP contribution >= 0.6 is 0 Å². The van der Waals surface area contributed by atoms with Gasteiger partial charge >= 0.3 is 6.03 Å². The third-order valence-electron chi connectivity index (χ3n) is 5.74. The maximum absolute atomic E-state index is 10.7. The highest BCUT2D eigenvalue weighted by atomic mass is 16.7. The molecule has 5 aliphatic rings. The summed E-state index contributed by atoms with van der Waals surface area (Å²) < 4.78 is 0. The first-order valence-electron chi connectivity index (χ1n) is 8.50. The zero-order valence-electron chi connectivity index (χ0n) is 12.9. The minimum atomic E-state index is -0.564. The number of carbonyl (C=O) groups is 1. The third kappa shape index (κ3) is 2.67. The van der Waals surface area contributed by atoms with E-state index in [4.69, 9.17) is 10.6 Å². The van der Waals surface area contributed by atoms with Gasteiger partial charge in [0.15, 0.2) is 5.75 Å². The topological polar surface area (TPSA) is 55.6 Å². The van der Waals surface area contributed by atoms with Crippen molar-refractivity contribution in [2.45, 2.75) is 45.1 Å². The van der Waals surface area contributed by atoms with Gasteiger partial charge in [-0.3, -0.25) is 0 Å². The van der Waals surface area contributed by atoms with E-state index in [0.717, 1.165) is 10.6 Å². The van der Waals surface area contributed by atoms with Gasteiger partial charge in [0.05, 0.1) is 6.54 Å². The van der Waals surface area contributed by atoms with Crippen LogP contribution in [-0.4, -0.2) is 11.1 Å². The number of nitrogens with two attached hydrogens (primary N) is 1. The van der Waals surface area contributed by atoms with Crippen LogP contribution in [0.1, 0.15) is 44.1 Å². The molecule has 1 heterocycles. The number of rotatable bonds is 0. The molecule has 4 heteroatoms. The number of amides is 2. The molecule has 2 N–H and O–H groups in total. The normalized spacial score (nSPS) is 33.7. The summed E-state index contributed by atoms with van der Waals surface area (Å²) in [6, 6.07) is 6.89. The van der Waals surface area contributed by atoms with E-state index in [2.05, 4.69) is 0 Å². The second kappa shape index (κ2) is 5.49. The molecule has 118 valence electrons. The Balaban J connectivity index is 0.000000115. The molecule has 4 fully saturated rings. The fourth-order valence-electron chi connectivity index (χ4n) is 5.14. The van der Waals surface area contributed by atoms with Gasteiger partial charge < -0.3 is 10.6 Å². The van der Waals surface area contributed by atoms with E-state index in [1.807, 2.05) is 18.2 Å². The van der Waals surface area contributed by atoms with E-state index in [1.54, 1.807) is 44.6 Å². The average molecular weight is 300 g/mol. The monoisotopic (exact) mass is 300 g/mol. The van der Waals surface area contributed by atoms with Crippen molar-refractivity contribution in [1.82, 2.24) is 5.06 Å². The van der Waals surface area contributed by atoms with Crippen molar-refractivity contribution in [3.05, 3.63) is 29.8 Å². The summed E-state index contributed by atoms with van der Waals surface area (Å²) in [5.74, 6) is 5.41. The highest BCUT2D eigenvalue weighted by Crippen LogP contribution is 2.53. The predicted molar refractivity (Wildman–Crippen MR) is 83.9 cm³/mol. The van der Waals surface area contributed by atoms with Gasteiger partial charge in [-0.2, -0.15) is 5.06 Å². The minimum absolute atomic E-state index is 0.436. The van der Waals surface area contributed by atoms with Gasteiger partial charge in [-0.1, -0.05) is 18.2 Å². The zero-order chi connectivity index (χ0) is 15.1. The van der Waals surface area contributed by atoms with Crippen LogP contribution in [0, 0.1) is 23.7 Å². The van der Waals surface area contributed by atoms with Crippen molar-refractivity contribution in [1.29, 1.82) is 0 Å². The quantitative estimate of drug-likeness (QED) is 0.794. The summed E-state index contributed by atoms with van der Waals surface area (Å²) in [6.45, 7) is 0.436. The maximum atomic E-state index is 10.7. The Morgan fingerprint density at radius 3 is 1.91 bits per heavy atom. The molecule has 0 radical (unpaired) electrons. The van der Waals surface area contributed by atoms with Crippen molar-refractivity contribution >= 4 is 6.03 Å². The Kier molecular flexibility index (Phi) is 3.47. The van der Waals surface area contributed by atoms with E-state index in [1.165, 1.54) is 23.7 Å². The number of primary amides is 1. The summed E-state index contributed by atoms with van der Waals surface area (Å²) in [4.78, 5) is 15.8. The molecule has 22 heavy (non-hydrogen) atoms. The van der Waals surface area contributed by atoms with E-state index in [-0.39, 0.29) is 0 Å². The standard InChI is InChI=1S/C10H16.C8H8N2O2/c1-7-2-9-4-8(1)5-10(3-7)6-9;9-8(11)10-5-6-3-1-2-4-7(6)12-10/h7-10H,1-6H2;1-4H,5H2,(H2,9,11). The molecule has 6 rings (SSSR count). The fourth-order valence-corrected chi connectivity index (χ4v) is 5.14. The largest absolute Gasteiger partial charge is 0.375 e. The van der Waals surface area contributed by atoms with Crippen LogP contribution in [-0.2, 0) is 6.54 Å². The Morgan fingerprint density at radius 1 is 0.955 bits per heavy atom. The molecule has 1 aromatic carbocycles. The van der Waals surface area contributed by atoms with Crippen LogP contribution in [0.25, 0.3) is 0 Å². The SMILES string of the molecule is C1C2CC3CC1CC(C2)C3.NC(=O)N1Cc2ccccc2O1. The summed E-state index contributed by atoms with van der Waals surface area (Å²) in [6.07, 6.45) is 9.62. The predicted octanol–water partition coefficient (Wildman–Crippen LogP) is 3.71. The van der Waals surface area contributed by atoms with Gasteiger partial charge in [-0.15, -0.1) is 0 Å². The lowest BCUT2D eigenvalue weighted by Gasteiger charge is -2.49. The summed E-state index contributed by atoms with van der Waals surface area (Å²) >= 11 is 0. The van der Waals surface area contributed by atoms with E-state index >= 15 is 0 Å². The van der Waals surface area contributed by atoms with Crippen molar-refractivity contribution in [2.24, 2.45) is 29.4 Å². The number of hydroxylamine groups is 2. The number of hydrogen-bond acceptors (Lipinski definition) is 2. The molecule has 0 unspecified atom stereocenters. The van der Waals surface area contributed by atoms with Gasteiger partial charge in [0, 0.05) is 5.56 Å². The second-order valence-corrected chi connectivity index (χ2v) is 7.45. The number of urea groups is 1. The molecular formula is C18H24N2O2. The first-order valence-corrected chi connectivity index (χ1v) is 8.50. The van der Waals surface area contributed by atoms with Gasteiger partial charge in [0.2, 0.25) is 0 Å². The Morgan fingerprint density at radius 2 is 1.45 bits per heavy atom. The molecule has 1 aromatic rings. The number of benzene rings is 1. The highest BCUT2D eigenvalue weighted by Gasteiger charge is 2.41. The zero-order valence-corrected chi connectivity index (χ0v) is 12.9. The van der Waals surface area contributed by atoms with E-state index < -0.39 is 6.03 Å². The molecule has 0 atom stereocenters. The fraction of sp³-hybridized carbons (Fsp3) is 0.611. The van der Waals surface area contributed by atoms with E-state index in [9.17, 15) is 4.79 Å². The number of para-hydroxylation sites is 1. The molecule has 1 aliphatic heterocycles. The van der Waals surface area contributed by atoms with Crippen LogP contribution < -0.4 is 10.6 Å². The van der Waals surface area contributed by atoms with Crippen molar-refractivity contribution < 1.29 is 9.63 Å². The van der Waals surface area contributed by atoms with Crippen molar-refractivity contribution in [3.63, 3.8) is 0 Å². The van der Waals surface area contributed by atoms with Crippen LogP contribution in [0.3, 0.4) is 0 Å². The first kappa shape index (κ1) is 13.9. The summed E-state index contributed by atoms with van der Waals surface area (Å²) in [7, 11) is 0. The molecule has 0 aromatic heterocycles. The van der Waals surface area contributed by atoms with Crippen molar-refractivity contribution in [3.8, 4) is 5.75 Å². The van der Waals surface area contributed by atoms with Crippen LogP contribution in [0.15, 0.2) is 24.3 Å². The lowest BCUT2D eigenvalue weighted by Crippen LogP contribution is -2.38. The van der Waals surface area contributed by atoms with Crippen molar-refractivity contribution in [2.75, 3.05) is 0 Å². The van der Waals surface area contributed by atoms with Crippen LogP contribution in [0.4, 0.5) is 4.79 Å². The lowest BCUT2D eigenvalue weighted by molar-refractivity contribution is 0.00794. The average Bonchev–Trinajstić information content (AvgIpc) is 2.90. The number of carbonyl (C=O) groups excluding carboxylic acids is 1. The first-order chi connectivity index (χ1) is 10.7. The van der Waals surface area contributed by atoms with Gasteiger partial charge in [-0.05, 0) is 68.3 Å². The van der Waals surface area contributed by atoms with Gasteiger partial charge in [0.1, 0.15) is 0 Å². The summed E-state index contributed by atoms with van der Waals surface area (Å²) in [5.41, 5.74) is 6.02. The maximum Gasteiger partial charge on any atom is 0.348 e. The summed E-state index contributed by atoms with van der Waals surface area (Å²) in [5, 5.41) is 1.13. The Hall–Kier alpha value is -1.71. The highest BCUT2D eigenvalue weighted by molar-refractivity contribution is 5.71. The molecular weight excluding hydrogens is 276 g/mol. The molecule has 2 amide bonds. The molecule has 4 aliphatic carbocycles. The molecule has 0 spiro atoms. The number of nitrogens with zero attached hydrogens (tertiary/aromatic N) is 1. The second-order valence-electron chi connectivity index (χ2n) is 7.45. The minimum Gasteiger partial charge on any atom is -0.375 e. The van der Waals surface area contributed by atoms with Gasteiger partial charge in [0.25, 0.3) is 0 Å². The lowest BCUT2D eigenvalue weighted by atomic mass is 9.56. The third-order valence-corrected chi connectivity index (χ3v) is 5.74. The molecule has 4 bridgehead atoms. The molecule has 0 saturated heterocycles. The smallest absolute Gasteiger partial charge is 0.348 e. The number of hydrogen-bond donors (Lipinski definition) is 1. The Bertz CT molecular complexity index is 490. The van der Waals surface area contributed by atoms with Crippen LogP contribution in [0.5, 0.6) is 5.75 Å². The number of fused-ring (bicyclic) bond motifs is 1. The van der Waals surface area contributed by atoms with Crippen LogP contribution in [0.2, 0.25) is 0 Å². The van der Waals surface area contributed by atoms with Gasteiger partial charge in [-0.25, -0.2) is 4.79 Å². The Labute approximate surface area is 131 Å². The molecule has 4 nitrogen and oxygen atoms in total. The van der Waals surface area contributed by atoms with E-state index in [0.29, 0.717) is 12.3 Å².